The van der Waals surface area contributed by atoms with Gasteiger partial charge in [-0.2, -0.15) is 0 Å². The molecule has 0 spiro atoms. The minimum absolute atomic E-state index is 0.179. The van der Waals surface area contributed by atoms with Crippen molar-refractivity contribution in [2.75, 3.05) is 26.7 Å². The van der Waals surface area contributed by atoms with Crippen LogP contribution in [0.15, 0.2) is 0 Å². The molecular weight excluding hydrogens is 212 g/mol. The molecule has 0 aliphatic heterocycles. The highest BCUT2D eigenvalue weighted by molar-refractivity contribution is 5.75. The van der Waals surface area contributed by atoms with Crippen LogP contribution >= 0.6 is 0 Å². The fraction of sp³-hybridized carbons (Fsp3) is 0.929. The predicted octanol–water partition coefficient (Wildman–Crippen LogP) is 2.52. The second-order valence-electron chi connectivity index (χ2n) is 6.57. The standard InChI is InChI=1S/C14H30N2O/c1-12(2)11-16(6)10-9-15-13(17)7-8-14(3,4)5/h12H,7-11H2,1-6H3,(H,15,17). The summed E-state index contributed by atoms with van der Waals surface area (Å²) in [6.45, 7) is 13.7. The van der Waals surface area contributed by atoms with E-state index in [0.717, 1.165) is 26.1 Å². The van der Waals surface area contributed by atoms with Crippen LogP contribution in [0.25, 0.3) is 0 Å². The van der Waals surface area contributed by atoms with Crippen LogP contribution in [0.1, 0.15) is 47.5 Å². The highest BCUT2D eigenvalue weighted by Gasteiger charge is 2.12. The Labute approximate surface area is 107 Å². The molecule has 1 N–H and O–H groups in total. The molecule has 0 radical (unpaired) electrons. The van der Waals surface area contributed by atoms with Gasteiger partial charge in [0.05, 0.1) is 0 Å². The van der Waals surface area contributed by atoms with Gasteiger partial charge in [-0.1, -0.05) is 34.6 Å². The Bertz CT molecular complexity index is 219. The second-order valence-corrected chi connectivity index (χ2v) is 6.57. The summed E-state index contributed by atoms with van der Waals surface area (Å²) in [7, 11) is 2.10. The zero-order valence-corrected chi connectivity index (χ0v) is 12.5. The molecule has 1 amide bonds. The van der Waals surface area contributed by atoms with Crippen LogP contribution in [0.3, 0.4) is 0 Å². The number of nitrogens with zero attached hydrogens (tertiary/aromatic N) is 1. The number of rotatable bonds is 7. The van der Waals surface area contributed by atoms with Crippen molar-refractivity contribution >= 4 is 5.91 Å². The van der Waals surface area contributed by atoms with Gasteiger partial charge >= 0.3 is 0 Å². The van der Waals surface area contributed by atoms with Crippen LogP contribution in [0, 0.1) is 11.3 Å². The quantitative estimate of drug-likeness (QED) is 0.744. The summed E-state index contributed by atoms with van der Waals surface area (Å²) < 4.78 is 0. The lowest BCUT2D eigenvalue weighted by molar-refractivity contribution is -0.121. The van der Waals surface area contributed by atoms with Crippen molar-refractivity contribution in [2.24, 2.45) is 11.3 Å². The molecule has 0 aromatic rings. The van der Waals surface area contributed by atoms with E-state index in [-0.39, 0.29) is 11.3 Å². The summed E-state index contributed by atoms with van der Waals surface area (Å²) in [5.74, 6) is 0.856. The summed E-state index contributed by atoms with van der Waals surface area (Å²) in [5.41, 5.74) is 0.242. The first-order valence-corrected chi connectivity index (χ1v) is 6.66. The van der Waals surface area contributed by atoms with Crippen molar-refractivity contribution in [1.82, 2.24) is 10.2 Å². The molecule has 0 unspecified atom stereocenters. The van der Waals surface area contributed by atoms with Crippen molar-refractivity contribution in [3.63, 3.8) is 0 Å². The molecule has 0 aliphatic rings. The van der Waals surface area contributed by atoms with Crippen molar-refractivity contribution in [3.8, 4) is 0 Å². The maximum absolute atomic E-state index is 11.6. The van der Waals surface area contributed by atoms with Crippen molar-refractivity contribution in [2.45, 2.75) is 47.5 Å². The molecule has 0 aromatic heterocycles. The molecule has 0 heterocycles. The molecule has 0 atom stereocenters. The number of likely N-dealkylation sites (N-methyl/N-ethyl adjacent to an activating group) is 1. The van der Waals surface area contributed by atoms with Gasteiger partial charge in [0.25, 0.3) is 0 Å². The maximum Gasteiger partial charge on any atom is 0.220 e. The number of carbonyl (C=O) groups is 1. The lowest BCUT2D eigenvalue weighted by Crippen LogP contribution is -2.34. The highest BCUT2D eigenvalue weighted by atomic mass is 16.1. The van der Waals surface area contributed by atoms with Gasteiger partial charge in [0.2, 0.25) is 5.91 Å². The number of carbonyl (C=O) groups excluding carboxylic acids is 1. The van der Waals surface area contributed by atoms with E-state index in [1.165, 1.54) is 0 Å². The first kappa shape index (κ1) is 16.4. The third kappa shape index (κ3) is 11.7. The van der Waals surface area contributed by atoms with E-state index in [0.29, 0.717) is 12.3 Å². The van der Waals surface area contributed by atoms with Gasteiger partial charge in [-0.05, 0) is 24.8 Å². The minimum Gasteiger partial charge on any atom is -0.355 e. The zero-order valence-electron chi connectivity index (χ0n) is 12.5. The third-order valence-electron chi connectivity index (χ3n) is 2.59. The number of amides is 1. The molecule has 0 saturated carbocycles. The molecule has 0 saturated heterocycles. The Morgan fingerprint density at radius 1 is 1.29 bits per heavy atom. The highest BCUT2D eigenvalue weighted by Crippen LogP contribution is 2.19. The molecule has 17 heavy (non-hydrogen) atoms. The van der Waals surface area contributed by atoms with E-state index in [9.17, 15) is 4.79 Å². The van der Waals surface area contributed by atoms with E-state index < -0.39 is 0 Å². The number of nitrogens with one attached hydrogen (secondary N) is 1. The lowest BCUT2D eigenvalue weighted by atomic mass is 9.90. The van der Waals surface area contributed by atoms with Crippen molar-refractivity contribution in [3.05, 3.63) is 0 Å². The van der Waals surface area contributed by atoms with Crippen molar-refractivity contribution < 1.29 is 4.79 Å². The summed E-state index contributed by atoms with van der Waals surface area (Å²) in [5, 5.41) is 2.98. The van der Waals surface area contributed by atoms with Crippen LogP contribution < -0.4 is 5.32 Å². The van der Waals surface area contributed by atoms with Gasteiger partial charge in [0.15, 0.2) is 0 Å². The van der Waals surface area contributed by atoms with Gasteiger partial charge in [-0.25, -0.2) is 0 Å². The van der Waals surface area contributed by atoms with Gasteiger partial charge in [0, 0.05) is 26.1 Å². The SMILES string of the molecule is CC(C)CN(C)CCNC(=O)CCC(C)(C)C. The first-order chi connectivity index (χ1) is 7.70. The predicted molar refractivity (Wildman–Crippen MR) is 74.0 cm³/mol. The van der Waals surface area contributed by atoms with Crippen LogP contribution in [-0.4, -0.2) is 37.5 Å². The van der Waals surface area contributed by atoms with Crippen LogP contribution in [0.4, 0.5) is 0 Å². The van der Waals surface area contributed by atoms with E-state index in [1.807, 2.05) is 0 Å². The largest absolute Gasteiger partial charge is 0.355 e. The molecule has 0 fully saturated rings. The monoisotopic (exact) mass is 242 g/mol. The maximum atomic E-state index is 11.6. The minimum atomic E-state index is 0.179. The van der Waals surface area contributed by atoms with E-state index in [1.54, 1.807) is 0 Å². The molecular formula is C14H30N2O. The molecule has 0 rings (SSSR count). The fourth-order valence-corrected chi connectivity index (χ4v) is 1.68. The topological polar surface area (TPSA) is 32.3 Å². The fourth-order valence-electron chi connectivity index (χ4n) is 1.68. The Kier molecular flexibility index (Phi) is 7.44. The van der Waals surface area contributed by atoms with Gasteiger partial charge in [-0.15, -0.1) is 0 Å². The van der Waals surface area contributed by atoms with Gasteiger partial charge in [-0.3, -0.25) is 4.79 Å². The zero-order chi connectivity index (χ0) is 13.5. The Morgan fingerprint density at radius 2 is 1.88 bits per heavy atom. The van der Waals surface area contributed by atoms with Gasteiger partial charge < -0.3 is 10.2 Å². The molecule has 3 heteroatoms. The number of hydrogen-bond donors (Lipinski definition) is 1. The third-order valence-corrected chi connectivity index (χ3v) is 2.59. The summed E-state index contributed by atoms with van der Waals surface area (Å²) in [6.07, 6.45) is 1.58. The Morgan fingerprint density at radius 3 is 2.35 bits per heavy atom. The normalized spacial score (nSPS) is 12.2. The molecule has 0 aliphatic carbocycles. The average molecular weight is 242 g/mol. The van der Waals surface area contributed by atoms with Crippen molar-refractivity contribution in [1.29, 1.82) is 0 Å². The Hall–Kier alpha value is -0.570. The van der Waals surface area contributed by atoms with Crippen LogP contribution in [0.5, 0.6) is 0 Å². The van der Waals surface area contributed by atoms with Gasteiger partial charge in [0.1, 0.15) is 0 Å². The Balaban J connectivity index is 3.58. The number of hydrogen-bond acceptors (Lipinski definition) is 2. The smallest absolute Gasteiger partial charge is 0.220 e. The second kappa shape index (κ2) is 7.70. The van der Waals surface area contributed by atoms with E-state index in [2.05, 4.69) is 51.9 Å². The lowest BCUT2D eigenvalue weighted by Gasteiger charge is -2.20. The van der Waals surface area contributed by atoms with E-state index in [4.69, 9.17) is 0 Å². The molecule has 102 valence electrons. The summed E-state index contributed by atoms with van der Waals surface area (Å²) >= 11 is 0. The van der Waals surface area contributed by atoms with Crippen LogP contribution in [0.2, 0.25) is 0 Å². The molecule has 0 bridgehead atoms. The molecule has 0 aromatic carbocycles. The first-order valence-electron chi connectivity index (χ1n) is 6.66. The molecule has 3 nitrogen and oxygen atoms in total. The summed E-state index contributed by atoms with van der Waals surface area (Å²) in [4.78, 5) is 13.8. The average Bonchev–Trinajstić information content (AvgIpc) is 2.12. The van der Waals surface area contributed by atoms with Crippen LogP contribution in [-0.2, 0) is 4.79 Å². The summed E-state index contributed by atoms with van der Waals surface area (Å²) in [6, 6.07) is 0. The van der Waals surface area contributed by atoms with E-state index >= 15 is 0 Å².